The van der Waals surface area contributed by atoms with Crippen molar-refractivity contribution >= 4 is 11.8 Å². The van der Waals surface area contributed by atoms with Gasteiger partial charge < -0.3 is 29.2 Å². The smallest absolute Gasteiger partial charge is 0.254 e. The Labute approximate surface area is 228 Å². The zero-order valence-corrected chi connectivity index (χ0v) is 22.8. The fourth-order valence-electron chi connectivity index (χ4n) is 5.67. The fraction of sp³-hybridized carbons (Fsp3) is 0.355. The lowest BCUT2D eigenvalue weighted by Gasteiger charge is -2.45. The summed E-state index contributed by atoms with van der Waals surface area (Å²) in [6, 6.07) is 16.4. The van der Waals surface area contributed by atoms with Gasteiger partial charge in [-0.25, -0.2) is 0 Å². The summed E-state index contributed by atoms with van der Waals surface area (Å²) in [6.07, 6.45) is 0.668. The van der Waals surface area contributed by atoms with Gasteiger partial charge in [0.2, 0.25) is 5.91 Å². The molecule has 0 aliphatic carbocycles. The zero-order chi connectivity index (χ0) is 27.5. The van der Waals surface area contributed by atoms with E-state index < -0.39 is 12.0 Å². The summed E-state index contributed by atoms with van der Waals surface area (Å²) in [5.41, 5.74) is 4.05. The number of carbonyl (C=O) groups is 2. The summed E-state index contributed by atoms with van der Waals surface area (Å²) in [5, 5.41) is 3.12. The first-order valence-electron chi connectivity index (χ1n) is 13.3. The van der Waals surface area contributed by atoms with Crippen LogP contribution < -0.4 is 24.3 Å². The van der Waals surface area contributed by atoms with Gasteiger partial charge in [-0.05, 0) is 73.4 Å². The van der Waals surface area contributed by atoms with Gasteiger partial charge in [-0.1, -0.05) is 18.2 Å². The maximum atomic E-state index is 14.1. The Hall–Kier alpha value is -4.20. The standard InChI is InChI=1S/C31H34N2O6/c1-5-38-26-16-19-13-14-33-29(24(19)17-27(26)39-6-2)28(22-9-7-8-10-23(22)31(33)35)30(34)32-18-20-15-21(36-3)11-12-25(20)37-4/h7-12,15-17,28-29H,5-6,13-14,18H2,1-4H3,(H,32,34)/t28-,29+/m1/s1. The molecule has 0 saturated heterocycles. The number of hydrogen-bond acceptors (Lipinski definition) is 6. The van der Waals surface area contributed by atoms with Gasteiger partial charge in [-0.2, -0.15) is 0 Å². The summed E-state index contributed by atoms with van der Waals surface area (Å²) in [6.45, 7) is 5.60. The summed E-state index contributed by atoms with van der Waals surface area (Å²) in [5.74, 6) is 1.79. The van der Waals surface area contributed by atoms with Crippen molar-refractivity contribution in [2.45, 2.75) is 38.8 Å². The van der Waals surface area contributed by atoms with Gasteiger partial charge in [0.15, 0.2) is 11.5 Å². The minimum Gasteiger partial charge on any atom is -0.497 e. The Morgan fingerprint density at radius 3 is 2.38 bits per heavy atom. The number of rotatable bonds is 9. The molecule has 2 aliphatic heterocycles. The predicted molar refractivity (Wildman–Crippen MR) is 147 cm³/mol. The van der Waals surface area contributed by atoms with Crippen molar-refractivity contribution in [3.63, 3.8) is 0 Å². The maximum Gasteiger partial charge on any atom is 0.254 e. The van der Waals surface area contributed by atoms with Gasteiger partial charge in [0.1, 0.15) is 11.5 Å². The minimum atomic E-state index is -0.609. The highest BCUT2D eigenvalue weighted by Gasteiger charge is 2.46. The van der Waals surface area contributed by atoms with E-state index in [0.29, 0.717) is 54.7 Å². The van der Waals surface area contributed by atoms with E-state index in [2.05, 4.69) is 5.32 Å². The monoisotopic (exact) mass is 530 g/mol. The van der Waals surface area contributed by atoms with Crippen molar-refractivity contribution in [3.8, 4) is 23.0 Å². The summed E-state index contributed by atoms with van der Waals surface area (Å²) < 4.78 is 22.7. The van der Waals surface area contributed by atoms with Gasteiger partial charge in [-0.15, -0.1) is 0 Å². The molecule has 2 atom stereocenters. The molecule has 204 valence electrons. The first kappa shape index (κ1) is 26.4. The van der Waals surface area contributed by atoms with Crippen molar-refractivity contribution in [1.82, 2.24) is 10.2 Å². The molecule has 0 fully saturated rings. The number of benzene rings is 3. The van der Waals surface area contributed by atoms with Crippen LogP contribution in [0.4, 0.5) is 0 Å². The van der Waals surface area contributed by atoms with Crippen LogP contribution in [0, 0.1) is 0 Å². The second-order valence-corrected chi connectivity index (χ2v) is 9.52. The Bertz CT molecular complexity index is 1390. The number of methoxy groups -OCH3 is 2. The predicted octanol–water partition coefficient (Wildman–Crippen LogP) is 4.65. The summed E-state index contributed by atoms with van der Waals surface area (Å²) >= 11 is 0. The zero-order valence-electron chi connectivity index (χ0n) is 22.8. The lowest BCUT2D eigenvalue weighted by atomic mass is 9.75. The number of fused-ring (bicyclic) bond motifs is 4. The lowest BCUT2D eigenvalue weighted by Crippen LogP contribution is -2.50. The molecule has 8 heteroatoms. The van der Waals surface area contributed by atoms with Gasteiger partial charge in [-0.3, -0.25) is 9.59 Å². The molecule has 3 aromatic rings. The van der Waals surface area contributed by atoms with Crippen LogP contribution in [-0.4, -0.2) is 50.7 Å². The molecule has 0 spiro atoms. The number of carbonyl (C=O) groups excluding carboxylic acids is 2. The average molecular weight is 531 g/mol. The van der Waals surface area contributed by atoms with E-state index in [0.717, 1.165) is 22.3 Å². The largest absolute Gasteiger partial charge is 0.497 e. The Morgan fingerprint density at radius 2 is 1.67 bits per heavy atom. The molecule has 2 heterocycles. The molecule has 5 rings (SSSR count). The van der Waals surface area contributed by atoms with Crippen molar-refractivity contribution < 1.29 is 28.5 Å². The van der Waals surface area contributed by atoms with Crippen LogP contribution >= 0.6 is 0 Å². The average Bonchev–Trinajstić information content (AvgIpc) is 2.96. The van der Waals surface area contributed by atoms with Crippen LogP contribution in [0.2, 0.25) is 0 Å². The molecule has 39 heavy (non-hydrogen) atoms. The van der Waals surface area contributed by atoms with E-state index in [1.807, 2.05) is 67.3 Å². The number of ether oxygens (including phenoxy) is 4. The Balaban J connectivity index is 1.56. The number of nitrogens with zero attached hydrogens (tertiary/aromatic N) is 1. The second-order valence-electron chi connectivity index (χ2n) is 9.52. The van der Waals surface area contributed by atoms with Crippen LogP contribution in [-0.2, 0) is 17.8 Å². The maximum absolute atomic E-state index is 14.1. The summed E-state index contributed by atoms with van der Waals surface area (Å²) in [7, 11) is 3.20. The molecular formula is C31H34N2O6. The Kier molecular flexibility index (Phi) is 7.63. The van der Waals surface area contributed by atoms with Crippen LogP contribution in [0.15, 0.2) is 54.6 Å². The third kappa shape index (κ3) is 4.87. The number of hydrogen-bond donors (Lipinski definition) is 1. The molecule has 0 unspecified atom stereocenters. The van der Waals surface area contributed by atoms with E-state index in [1.54, 1.807) is 20.3 Å². The normalized spacial score (nSPS) is 17.4. The molecule has 2 amide bonds. The van der Waals surface area contributed by atoms with Crippen molar-refractivity contribution in [2.24, 2.45) is 0 Å². The minimum absolute atomic E-state index is 0.0633. The fourth-order valence-corrected chi connectivity index (χ4v) is 5.67. The first-order chi connectivity index (χ1) is 19.0. The van der Waals surface area contributed by atoms with Crippen LogP contribution in [0.5, 0.6) is 23.0 Å². The molecule has 0 radical (unpaired) electrons. The number of amides is 2. The number of nitrogens with one attached hydrogen (secondary N) is 1. The van der Waals surface area contributed by atoms with Crippen molar-refractivity contribution in [3.05, 3.63) is 82.4 Å². The van der Waals surface area contributed by atoms with Gasteiger partial charge in [0.25, 0.3) is 5.91 Å². The van der Waals surface area contributed by atoms with E-state index in [-0.39, 0.29) is 18.4 Å². The van der Waals surface area contributed by atoms with E-state index in [1.165, 1.54) is 0 Å². The van der Waals surface area contributed by atoms with Crippen LogP contribution in [0.3, 0.4) is 0 Å². The molecule has 0 aromatic heterocycles. The van der Waals surface area contributed by atoms with Gasteiger partial charge >= 0.3 is 0 Å². The third-order valence-corrected chi connectivity index (χ3v) is 7.41. The van der Waals surface area contributed by atoms with Crippen LogP contribution in [0.25, 0.3) is 0 Å². The van der Waals surface area contributed by atoms with E-state index in [4.69, 9.17) is 18.9 Å². The molecular weight excluding hydrogens is 496 g/mol. The molecule has 8 nitrogen and oxygen atoms in total. The highest BCUT2D eigenvalue weighted by Crippen LogP contribution is 2.48. The van der Waals surface area contributed by atoms with Crippen molar-refractivity contribution in [1.29, 1.82) is 0 Å². The molecule has 0 saturated carbocycles. The highest BCUT2D eigenvalue weighted by molar-refractivity contribution is 6.01. The van der Waals surface area contributed by atoms with E-state index in [9.17, 15) is 9.59 Å². The third-order valence-electron chi connectivity index (χ3n) is 7.41. The van der Waals surface area contributed by atoms with Crippen LogP contribution in [0.1, 0.15) is 58.4 Å². The molecule has 0 bridgehead atoms. The van der Waals surface area contributed by atoms with E-state index >= 15 is 0 Å². The SMILES string of the molecule is CCOc1cc2c(cc1OCC)[C@H]1[C@H](C(=O)NCc3cc(OC)ccc3OC)c3ccccc3C(=O)N1CC2. The quantitative estimate of drug-likeness (QED) is 0.433. The highest BCUT2D eigenvalue weighted by atomic mass is 16.5. The Morgan fingerprint density at radius 1 is 0.923 bits per heavy atom. The van der Waals surface area contributed by atoms with Crippen molar-refractivity contribution in [2.75, 3.05) is 34.0 Å². The van der Waals surface area contributed by atoms with Gasteiger partial charge in [0.05, 0.1) is 39.4 Å². The molecule has 1 N–H and O–H groups in total. The summed E-state index contributed by atoms with van der Waals surface area (Å²) in [4.78, 5) is 29.5. The lowest BCUT2D eigenvalue weighted by molar-refractivity contribution is -0.124. The first-order valence-corrected chi connectivity index (χ1v) is 13.3. The second kappa shape index (κ2) is 11.3. The topological polar surface area (TPSA) is 86.3 Å². The molecule has 3 aromatic carbocycles. The molecule has 2 aliphatic rings. The van der Waals surface area contributed by atoms with Gasteiger partial charge in [0, 0.05) is 24.2 Å².